The highest BCUT2D eigenvalue weighted by Crippen LogP contribution is 2.05. The summed E-state index contributed by atoms with van der Waals surface area (Å²) in [5.74, 6) is -0.530. The topological polar surface area (TPSA) is 75.4 Å². The lowest BCUT2D eigenvalue weighted by molar-refractivity contribution is -0.124. The quantitative estimate of drug-likeness (QED) is 0.599. The maximum absolute atomic E-state index is 11.9. The van der Waals surface area contributed by atoms with Crippen molar-refractivity contribution in [2.75, 3.05) is 6.54 Å². The van der Waals surface area contributed by atoms with Crippen LogP contribution >= 0.6 is 0 Å². The van der Waals surface area contributed by atoms with Gasteiger partial charge in [-0.3, -0.25) is 4.79 Å². The molecule has 0 saturated carbocycles. The molecule has 0 aromatic carbocycles. The monoisotopic (exact) mass is 224 g/mol. The standard InChI is InChI=1S/C9H18F2N2O2/c1-3-5(2)7(12)9(15)13-4-6(14)8(10)11/h5-8,14H,3-4,12H2,1-2H3,(H,13,15)/t5?,6?,7-/m0/s1. The molecule has 0 radical (unpaired) electrons. The van der Waals surface area contributed by atoms with Gasteiger partial charge in [-0.15, -0.1) is 0 Å². The van der Waals surface area contributed by atoms with Gasteiger partial charge in [0.05, 0.1) is 6.04 Å². The highest BCUT2D eigenvalue weighted by Gasteiger charge is 2.22. The fraction of sp³-hybridized carbons (Fsp3) is 0.889. The number of aliphatic hydroxyl groups is 1. The fourth-order valence-corrected chi connectivity index (χ4v) is 0.924. The molecule has 0 saturated heterocycles. The van der Waals surface area contributed by atoms with Gasteiger partial charge in [0.25, 0.3) is 6.43 Å². The summed E-state index contributed by atoms with van der Waals surface area (Å²) in [4.78, 5) is 11.3. The molecule has 4 nitrogen and oxygen atoms in total. The third-order valence-corrected chi connectivity index (χ3v) is 2.34. The number of hydrogen-bond donors (Lipinski definition) is 3. The van der Waals surface area contributed by atoms with Crippen molar-refractivity contribution in [1.29, 1.82) is 0 Å². The molecule has 6 heteroatoms. The van der Waals surface area contributed by atoms with Gasteiger partial charge in [0, 0.05) is 6.54 Å². The zero-order valence-electron chi connectivity index (χ0n) is 8.91. The molecule has 2 unspecified atom stereocenters. The predicted octanol–water partition coefficient (Wildman–Crippen LogP) is 0.102. The van der Waals surface area contributed by atoms with Crippen LogP contribution in [0.5, 0.6) is 0 Å². The number of rotatable bonds is 6. The molecule has 0 heterocycles. The Hall–Kier alpha value is -0.750. The van der Waals surface area contributed by atoms with E-state index in [2.05, 4.69) is 5.32 Å². The minimum absolute atomic E-state index is 0.0197. The largest absolute Gasteiger partial charge is 0.385 e. The summed E-state index contributed by atoms with van der Waals surface area (Å²) in [7, 11) is 0. The molecule has 0 aromatic rings. The van der Waals surface area contributed by atoms with Crippen LogP contribution in [0.25, 0.3) is 0 Å². The van der Waals surface area contributed by atoms with Gasteiger partial charge >= 0.3 is 0 Å². The van der Waals surface area contributed by atoms with Gasteiger partial charge in [-0.2, -0.15) is 0 Å². The first-order valence-electron chi connectivity index (χ1n) is 4.89. The number of aliphatic hydroxyl groups excluding tert-OH is 1. The number of alkyl halides is 2. The molecule has 0 aliphatic heterocycles. The van der Waals surface area contributed by atoms with Crippen molar-refractivity contribution in [1.82, 2.24) is 5.32 Å². The fourth-order valence-electron chi connectivity index (χ4n) is 0.924. The van der Waals surface area contributed by atoms with Gasteiger partial charge < -0.3 is 16.2 Å². The van der Waals surface area contributed by atoms with Crippen LogP contribution in [-0.4, -0.2) is 36.1 Å². The van der Waals surface area contributed by atoms with Crippen LogP contribution in [0, 0.1) is 5.92 Å². The second kappa shape index (κ2) is 6.68. The average Bonchev–Trinajstić information content (AvgIpc) is 2.22. The van der Waals surface area contributed by atoms with E-state index in [9.17, 15) is 13.6 Å². The summed E-state index contributed by atoms with van der Waals surface area (Å²) < 4.78 is 23.7. The molecule has 0 fully saturated rings. The molecular weight excluding hydrogens is 206 g/mol. The Bertz CT molecular complexity index is 203. The Balaban J connectivity index is 3.93. The molecular formula is C9H18F2N2O2. The van der Waals surface area contributed by atoms with E-state index in [1.165, 1.54) is 0 Å². The van der Waals surface area contributed by atoms with Crippen molar-refractivity contribution in [3.63, 3.8) is 0 Å². The molecule has 0 spiro atoms. The van der Waals surface area contributed by atoms with Crippen molar-refractivity contribution in [3.05, 3.63) is 0 Å². The lowest BCUT2D eigenvalue weighted by atomic mass is 9.99. The molecule has 1 amide bonds. The Morgan fingerprint density at radius 1 is 1.53 bits per heavy atom. The van der Waals surface area contributed by atoms with Crippen LogP contribution in [0.3, 0.4) is 0 Å². The normalized spacial score (nSPS) is 17.3. The number of halogens is 2. The molecule has 0 aromatic heterocycles. The number of carbonyl (C=O) groups excluding carboxylic acids is 1. The molecule has 0 aliphatic carbocycles. The van der Waals surface area contributed by atoms with E-state index in [1.807, 2.05) is 6.92 Å². The summed E-state index contributed by atoms with van der Waals surface area (Å²) in [5, 5.41) is 10.9. The van der Waals surface area contributed by atoms with E-state index in [0.717, 1.165) is 6.42 Å². The van der Waals surface area contributed by atoms with E-state index in [0.29, 0.717) is 0 Å². The van der Waals surface area contributed by atoms with Crippen LogP contribution in [-0.2, 0) is 4.79 Å². The summed E-state index contributed by atoms with van der Waals surface area (Å²) in [5.41, 5.74) is 5.55. The summed E-state index contributed by atoms with van der Waals surface area (Å²) in [6, 6.07) is -0.722. The van der Waals surface area contributed by atoms with Crippen LogP contribution in [0.15, 0.2) is 0 Å². The summed E-state index contributed by atoms with van der Waals surface area (Å²) in [6.07, 6.45) is -3.96. The molecule has 0 rings (SSSR count). The minimum atomic E-state index is -2.86. The number of nitrogens with one attached hydrogen (secondary N) is 1. The van der Waals surface area contributed by atoms with Crippen molar-refractivity contribution >= 4 is 5.91 Å². The minimum Gasteiger partial charge on any atom is -0.385 e. The third-order valence-electron chi connectivity index (χ3n) is 2.34. The number of nitrogens with two attached hydrogens (primary N) is 1. The third kappa shape index (κ3) is 5.03. The maximum atomic E-state index is 11.9. The molecule has 0 aliphatic rings. The van der Waals surface area contributed by atoms with Crippen LogP contribution in [0.1, 0.15) is 20.3 Å². The Labute approximate surface area is 87.8 Å². The van der Waals surface area contributed by atoms with E-state index < -0.39 is 31.0 Å². The Morgan fingerprint density at radius 3 is 2.47 bits per heavy atom. The smallest absolute Gasteiger partial charge is 0.265 e. The van der Waals surface area contributed by atoms with Gasteiger partial charge in [-0.05, 0) is 5.92 Å². The van der Waals surface area contributed by atoms with Crippen molar-refractivity contribution in [2.45, 2.75) is 38.8 Å². The Kier molecular flexibility index (Phi) is 6.35. The van der Waals surface area contributed by atoms with Gasteiger partial charge in [-0.25, -0.2) is 8.78 Å². The zero-order valence-corrected chi connectivity index (χ0v) is 8.91. The molecule has 15 heavy (non-hydrogen) atoms. The first kappa shape index (κ1) is 14.2. The number of carbonyl (C=O) groups is 1. The number of hydrogen-bond acceptors (Lipinski definition) is 3. The molecule has 90 valence electrons. The zero-order chi connectivity index (χ0) is 12.0. The molecule has 3 atom stereocenters. The van der Waals surface area contributed by atoms with Gasteiger partial charge in [-0.1, -0.05) is 20.3 Å². The molecule has 0 bridgehead atoms. The highest BCUT2D eigenvalue weighted by molar-refractivity contribution is 5.81. The number of amides is 1. The van der Waals surface area contributed by atoms with Gasteiger partial charge in [0.1, 0.15) is 6.10 Å². The summed E-state index contributed by atoms with van der Waals surface area (Å²) in [6.45, 7) is 3.21. The first-order chi connectivity index (χ1) is 6.90. The van der Waals surface area contributed by atoms with Crippen molar-refractivity contribution in [2.24, 2.45) is 11.7 Å². The summed E-state index contributed by atoms with van der Waals surface area (Å²) >= 11 is 0. The van der Waals surface area contributed by atoms with E-state index in [1.54, 1.807) is 6.92 Å². The van der Waals surface area contributed by atoms with Crippen LogP contribution < -0.4 is 11.1 Å². The van der Waals surface area contributed by atoms with Crippen molar-refractivity contribution in [3.8, 4) is 0 Å². The second-order valence-electron chi connectivity index (χ2n) is 3.56. The van der Waals surface area contributed by atoms with Gasteiger partial charge in [0.2, 0.25) is 5.91 Å². The van der Waals surface area contributed by atoms with Gasteiger partial charge in [0.15, 0.2) is 0 Å². The Morgan fingerprint density at radius 2 is 2.07 bits per heavy atom. The first-order valence-corrected chi connectivity index (χ1v) is 4.89. The van der Waals surface area contributed by atoms with Crippen molar-refractivity contribution < 1.29 is 18.7 Å². The van der Waals surface area contributed by atoms with E-state index >= 15 is 0 Å². The van der Waals surface area contributed by atoms with E-state index in [-0.39, 0.29) is 5.92 Å². The molecule has 4 N–H and O–H groups in total. The van der Waals surface area contributed by atoms with E-state index in [4.69, 9.17) is 10.8 Å². The predicted molar refractivity (Wildman–Crippen MR) is 52.5 cm³/mol. The lowest BCUT2D eigenvalue weighted by Crippen LogP contribution is -2.47. The average molecular weight is 224 g/mol. The van der Waals surface area contributed by atoms with Crippen LogP contribution in [0.4, 0.5) is 8.78 Å². The van der Waals surface area contributed by atoms with Crippen LogP contribution in [0.2, 0.25) is 0 Å². The SMILES string of the molecule is CCC(C)[C@H](N)C(=O)NCC(O)C(F)F. The lowest BCUT2D eigenvalue weighted by Gasteiger charge is -2.18. The maximum Gasteiger partial charge on any atom is 0.265 e. The second-order valence-corrected chi connectivity index (χ2v) is 3.56. The highest BCUT2D eigenvalue weighted by atomic mass is 19.3.